The average Bonchev–Trinajstić information content (AvgIpc) is 3.10. The van der Waals surface area contributed by atoms with Gasteiger partial charge in [-0.05, 0) is 40.5 Å². The lowest BCUT2D eigenvalue weighted by atomic mass is 9.98. The zero-order valence-electron chi connectivity index (χ0n) is 17.4. The normalized spacial score (nSPS) is 12.9. The summed E-state index contributed by atoms with van der Waals surface area (Å²) in [5, 5.41) is 2.56. The minimum Gasteiger partial charge on any atom is -0.449 e. The van der Waals surface area contributed by atoms with Crippen LogP contribution in [0, 0.1) is 0 Å². The molecule has 0 heterocycles. The van der Waals surface area contributed by atoms with Crippen molar-refractivity contribution in [3.05, 3.63) is 89.5 Å². The summed E-state index contributed by atoms with van der Waals surface area (Å²) in [6.07, 6.45) is -2.57. The van der Waals surface area contributed by atoms with Gasteiger partial charge in [0.25, 0.3) is 0 Å². The zero-order chi connectivity index (χ0) is 23.4. The van der Waals surface area contributed by atoms with Crippen LogP contribution in [0.5, 0.6) is 5.75 Å². The van der Waals surface area contributed by atoms with Gasteiger partial charge in [0.05, 0.1) is 0 Å². The van der Waals surface area contributed by atoms with Crippen LogP contribution in [0.25, 0.3) is 17.2 Å². The number of alkyl halides is 3. The van der Waals surface area contributed by atoms with Crippen LogP contribution in [0.2, 0.25) is 0 Å². The van der Waals surface area contributed by atoms with Crippen molar-refractivity contribution in [2.75, 3.05) is 18.9 Å². The molecule has 8 heteroatoms. The molecule has 0 aromatic heterocycles. The highest BCUT2D eigenvalue weighted by Gasteiger charge is 2.32. The predicted molar refractivity (Wildman–Crippen MR) is 120 cm³/mol. The molecule has 0 saturated heterocycles. The van der Waals surface area contributed by atoms with Gasteiger partial charge in [0.2, 0.25) is 0 Å². The molecule has 0 spiro atoms. The number of hydrogen-bond acceptors (Lipinski definition) is 4. The second kappa shape index (κ2) is 9.28. The van der Waals surface area contributed by atoms with Gasteiger partial charge in [0, 0.05) is 23.7 Å². The van der Waals surface area contributed by atoms with Gasteiger partial charge < -0.3 is 20.5 Å². The van der Waals surface area contributed by atoms with E-state index in [4.69, 9.17) is 10.5 Å². The van der Waals surface area contributed by atoms with E-state index in [2.05, 4.69) is 10.1 Å². The van der Waals surface area contributed by atoms with E-state index in [1.165, 1.54) is 24.3 Å². The molecule has 4 rings (SSSR count). The second-order valence-corrected chi connectivity index (χ2v) is 7.45. The van der Waals surface area contributed by atoms with Crippen LogP contribution in [0.1, 0.15) is 22.6 Å². The van der Waals surface area contributed by atoms with Gasteiger partial charge in [-0.1, -0.05) is 60.7 Å². The van der Waals surface area contributed by atoms with E-state index in [0.717, 1.165) is 28.3 Å². The highest BCUT2D eigenvalue weighted by atomic mass is 19.4. The van der Waals surface area contributed by atoms with Gasteiger partial charge in [-0.25, -0.2) is 4.79 Å². The molecule has 0 bridgehead atoms. The highest BCUT2D eigenvalue weighted by Crippen LogP contribution is 2.44. The molecular weight excluding hydrogens is 433 g/mol. The van der Waals surface area contributed by atoms with Crippen molar-refractivity contribution in [2.24, 2.45) is 0 Å². The summed E-state index contributed by atoms with van der Waals surface area (Å²) >= 11 is 0. The van der Waals surface area contributed by atoms with Crippen LogP contribution >= 0.6 is 0 Å². The van der Waals surface area contributed by atoms with Crippen LogP contribution in [-0.2, 0) is 4.74 Å². The molecule has 3 aromatic carbocycles. The number of hydrogen-bond donors (Lipinski definition) is 2. The van der Waals surface area contributed by atoms with Crippen molar-refractivity contribution in [1.82, 2.24) is 5.32 Å². The van der Waals surface area contributed by atoms with Crippen molar-refractivity contribution in [2.45, 2.75) is 12.3 Å². The molecule has 170 valence electrons. The fourth-order valence-electron chi connectivity index (χ4n) is 3.89. The summed E-state index contributed by atoms with van der Waals surface area (Å²) in [5.41, 5.74) is 10.5. The second-order valence-electron chi connectivity index (χ2n) is 7.45. The molecule has 3 aromatic rings. The van der Waals surface area contributed by atoms with Crippen LogP contribution in [0.15, 0.2) is 72.8 Å². The Kier molecular flexibility index (Phi) is 6.26. The Bertz CT molecular complexity index is 1150. The number of carbonyl (C=O) groups excluding carboxylic acids is 1. The maximum Gasteiger partial charge on any atom is 0.573 e. The lowest BCUT2D eigenvalue weighted by Crippen LogP contribution is -2.26. The number of anilines is 1. The maximum absolute atomic E-state index is 12.6. The summed E-state index contributed by atoms with van der Waals surface area (Å²) in [6.45, 7) is 0.222. The van der Waals surface area contributed by atoms with E-state index < -0.39 is 12.5 Å². The highest BCUT2D eigenvalue weighted by molar-refractivity contribution is 5.79. The van der Waals surface area contributed by atoms with Gasteiger partial charge in [0.15, 0.2) is 0 Å². The molecule has 3 N–H and O–H groups in total. The summed E-state index contributed by atoms with van der Waals surface area (Å²) < 4.78 is 47.1. The van der Waals surface area contributed by atoms with Crippen molar-refractivity contribution in [3.8, 4) is 16.9 Å². The van der Waals surface area contributed by atoms with Crippen LogP contribution in [0.3, 0.4) is 0 Å². The minimum atomic E-state index is -4.82. The number of nitrogen functional groups attached to an aromatic ring is 1. The fraction of sp³-hybridized carbons (Fsp3) is 0.160. The van der Waals surface area contributed by atoms with E-state index in [9.17, 15) is 18.0 Å². The first-order valence-electron chi connectivity index (χ1n) is 10.2. The van der Waals surface area contributed by atoms with Gasteiger partial charge in [0.1, 0.15) is 12.4 Å². The lowest BCUT2D eigenvalue weighted by Gasteiger charge is -2.14. The summed E-state index contributed by atoms with van der Waals surface area (Å²) in [4.78, 5) is 12.2. The van der Waals surface area contributed by atoms with Crippen LogP contribution in [0.4, 0.5) is 23.7 Å². The van der Waals surface area contributed by atoms with E-state index in [-0.39, 0.29) is 36.1 Å². The van der Waals surface area contributed by atoms with Crippen molar-refractivity contribution in [1.29, 1.82) is 0 Å². The summed E-state index contributed by atoms with van der Waals surface area (Å²) in [6, 6.07) is 19.8. The van der Waals surface area contributed by atoms with Crippen molar-refractivity contribution >= 4 is 17.9 Å². The summed E-state index contributed by atoms with van der Waals surface area (Å²) in [5.74, 6) is -0.442. The third-order valence-electron chi connectivity index (χ3n) is 5.26. The minimum absolute atomic E-state index is 0.0525. The molecule has 1 aliphatic carbocycles. The van der Waals surface area contributed by atoms with Crippen molar-refractivity contribution < 1.29 is 27.4 Å². The first-order valence-corrected chi connectivity index (χ1v) is 10.2. The lowest BCUT2D eigenvalue weighted by molar-refractivity contribution is -0.274. The Balaban J connectivity index is 1.34. The van der Waals surface area contributed by atoms with Gasteiger partial charge in [-0.15, -0.1) is 13.2 Å². The Morgan fingerprint density at radius 2 is 1.64 bits per heavy atom. The zero-order valence-corrected chi connectivity index (χ0v) is 17.4. The first kappa shape index (κ1) is 22.3. The van der Waals surface area contributed by atoms with Gasteiger partial charge in [-0.3, -0.25) is 0 Å². The smallest absolute Gasteiger partial charge is 0.449 e. The van der Waals surface area contributed by atoms with E-state index in [1.54, 1.807) is 0 Å². The van der Waals surface area contributed by atoms with Gasteiger partial charge >= 0.3 is 12.5 Å². The number of nitrogens with two attached hydrogens (primary N) is 1. The Morgan fingerprint density at radius 1 is 1.00 bits per heavy atom. The molecule has 0 radical (unpaired) electrons. The quantitative estimate of drug-likeness (QED) is 0.468. The van der Waals surface area contributed by atoms with E-state index in [0.29, 0.717) is 0 Å². The van der Waals surface area contributed by atoms with Crippen LogP contribution < -0.4 is 15.8 Å². The molecule has 0 atom stereocenters. The fourth-order valence-corrected chi connectivity index (χ4v) is 3.89. The number of amides is 1. The number of nitrogens with one attached hydrogen (secondary N) is 1. The molecule has 0 fully saturated rings. The molecule has 33 heavy (non-hydrogen) atoms. The van der Waals surface area contributed by atoms with Gasteiger partial charge in [-0.2, -0.15) is 0 Å². The maximum atomic E-state index is 12.6. The molecule has 0 saturated carbocycles. The number of halogens is 3. The molecule has 5 nitrogen and oxygen atoms in total. The topological polar surface area (TPSA) is 73.6 Å². The standard InChI is InChI=1S/C25H21F3N2O3/c26-25(27,28)33-23-12-11-17(29)14-16(23)6-5-13-30-24(31)32-15-22-20-9-3-1-7-18(20)19-8-2-4-10-21(19)22/h1-12,14,22H,13,15,29H2,(H,30,31). The molecule has 0 aliphatic heterocycles. The largest absolute Gasteiger partial charge is 0.573 e. The molecule has 1 aliphatic rings. The average molecular weight is 454 g/mol. The predicted octanol–water partition coefficient (Wildman–Crippen LogP) is 5.72. The number of alkyl carbamates (subject to hydrolysis) is 1. The number of ether oxygens (including phenoxy) is 2. The number of fused-ring (bicyclic) bond motifs is 3. The molecule has 1 amide bonds. The third-order valence-corrected chi connectivity index (χ3v) is 5.26. The van der Waals surface area contributed by atoms with Crippen molar-refractivity contribution in [3.63, 3.8) is 0 Å². The number of rotatable bonds is 6. The monoisotopic (exact) mass is 454 g/mol. The Morgan fingerprint density at radius 3 is 2.27 bits per heavy atom. The Hall–Kier alpha value is -3.94. The molecular formula is C25H21F3N2O3. The van der Waals surface area contributed by atoms with E-state index >= 15 is 0 Å². The summed E-state index contributed by atoms with van der Waals surface area (Å²) in [7, 11) is 0. The first-order chi connectivity index (χ1) is 15.8. The van der Waals surface area contributed by atoms with Crippen LogP contribution in [-0.4, -0.2) is 25.6 Å². The molecule has 0 unspecified atom stereocenters. The van der Waals surface area contributed by atoms with E-state index in [1.807, 2.05) is 48.5 Å². The number of benzene rings is 3. The SMILES string of the molecule is Nc1ccc(OC(F)(F)F)c(C=CCNC(=O)OCC2c3ccccc3-c3ccccc32)c1. The Labute approximate surface area is 188 Å². The third kappa shape index (κ3) is 5.28. The number of carbonyl (C=O) groups is 1.